The van der Waals surface area contributed by atoms with Gasteiger partial charge in [-0.25, -0.2) is 0 Å². The molecule has 2 aromatic rings. The van der Waals surface area contributed by atoms with Crippen molar-refractivity contribution in [2.75, 3.05) is 38.3 Å². The van der Waals surface area contributed by atoms with Gasteiger partial charge in [-0.2, -0.15) is 0 Å². The van der Waals surface area contributed by atoms with Crippen LogP contribution in [-0.4, -0.2) is 49.8 Å². The van der Waals surface area contributed by atoms with Crippen molar-refractivity contribution in [1.82, 2.24) is 10.2 Å². The van der Waals surface area contributed by atoms with Crippen LogP contribution in [0, 0.1) is 5.92 Å². The molecule has 0 saturated carbocycles. The van der Waals surface area contributed by atoms with E-state index in [0.717, 1.165) is 49.5 Å². The highest BCUT2D eigenvalue weighted by atomic mass is 35.5. The van der Waals surface area contributed by atoms with E-state index in [0.29, 0.717) is 30.0 Å². The van der Waals surface area contributed by atoms with Crippen LogP contribution in [-0.2, 0) is 4.84 Å². The minimum absolute atomic E-state index is 0.422. The van der Waals surface area contributed by atoms with Crippen LogP contribution in [0.5, 0.6) is 11.5 Å². The zero-order chi connectivity index (χ0) is 20.5. The fraction of sp³-hybridized carbons (Fsp3) is 0.476. The first-order chi connectivity index (χ1) is 14.2. The van der Waals surface area contributed by atoms with Crippen LogP contribution in [0.2, 0.25) is 5.15 Å². The van der Waals surface area contributed by atoms with Crippen molar-refractivity contribution in [2.45, 2.75) is 26.2 Å². The summed E-state index contributed by atoms with van der Waals surface area (Å²) >= 11 is 5.81. The molecule has 29 heavy (non-hydrogen) atoms. The van der Waals surface area contributed by atoms with Crippen LogP contribution in [0.25, 0.3) is 0 Å². The Bertz CT molecular complexity index is 793. The Hall–Kier alpha value is -2.54. The number of hydrogen-bond donors (Lipinski definition) is 0. The molecule has 156 valence electrons. The molecule has 0 bridgehead atoms. The Kier molecular flexibility index (Phi) is 7.93. The maximum Gasteiger partial charge on any atom is 0.161 e. The average Bonchev–Trinajstić information content (AvgIpc) is 2.76. The molecule has 7 nitrogen and oxygen atoms in total. The van der Waals surface area contributed by atoms with E-state index in [1.807, 2.05) is 31.2 Å². The fourth-order valence-electron chi connectivity index (χ4n) is 3.32. The van der Waals surface area contributed by atoms with E-state index < -0.39 is 0 Å². The summed E-state index contributed by atoms with van der Waals surface area (Å²) in [5, 5.41) is 12.4. The van der Waals surface area contributed by atoms with Gasteiger partial charge < -0.3 is 19.2 Å². The van der Waals surface area contributed by atoms with Crippen molar-refractivity contribution in [2.24, 2.45) is 11.1 Å². The van der Waals surface area contributed by atoms with Crippen LogP contribution in [0.4, 0.5) is 5.82 Å². The van der Waals surface area contributed by atoms with Crippen LogP contribution in [0.3, 0.4) is 0 Å². The third kappa shape index (κ3) is 6.22. The van der Waals surface area contributed by atoms with Gasteiger partial charge in [0, 0.05) is 18.7 Å². The summed E-state index contributed by atoms with van der Waals surface area (Å²) in [4.78, 5) is 7.25. The Morgan fingerprint density at radius 3 is 2.69 bits per heavy atom. The molecule has 0 radical (unpaired) electrons. The monoisotopic (exact) mass is 418 g/mol. The molecule has 1 fully saturated rings. The van der Waals surface area contributed by atoms with Gasteiger partial charge in [0.2, 0.25) is 0 Å². The molecule has 0 N–H and O–H groups in total. The minimum Gasteiger partial charge on any atom is -0.493 e. The third-order valence-corrected chi connectivity index (χ3v) is 5.13. The van der Waals surface area contributed by atoms with Crippen LogP contribution in [0.1, 0.15) is 31.7 Å². The maximum absolute atomic E-state index is 5.98. The Labute approximate surface area is 176 Å². The lowest BCUT2D eigenvalue weighted by molar-refractivity contribution is 0.160. The lowest BCUT2D eigenvalue weighted by Crippen LogP contribution is -2.34. The first-order valence-corrected chi connectivity index (χ1v) is 10.3. The van der Waals surface area contributed by atoms with E-state index in [4.69, 9.17) is 25.9 Å². The van der Waals surface area contributed by atoms with E-state index in [1.54, 1.807) is 19.4 Å². The van der Waals surface area contributed by atoms with Gasteiger partial charge in [0.05, 0.1) is 19.9 Å². The number of nitrogens with zero attached hydrogens (tertiary/aromatic N) is 4. The zero-order valence-electron chi connectivity index (χ0n) is 16.9. The molecule has 1 saturated heterocycles. The average molecular weight is 419 g/mol. The van der Waals surface area contributed by atoms with Gasteiger partial charge in [-0.1, -0.05) is 16.8 Å². The molecule has 0 amide bonds. The number of aromatic nitrogens is 2. The summed E-state index contributed by atoms with van der Waals surface area (Å²) in [6, 6.07) is 9.45. The summed E-state index contributed by atoms with van der Waals surface area (Å²) in [5.41, 5.74) is 0.903. The number of halogens is 1. The Morgan fingerprint density at radius 2 is 2.00 bits per heavy atom. The van der Waals surface area contributed by atoms with Crippen LogP contribution >= 0.6 is 11.6 Å². The second kappa shape index (κ2) is 10.9. The molecule has 1 aliphatic heterocycles. The van der Waals surface area contributed by atoms with E-state index in [-0.39, 0.29) is 0 Å². The van der Waals surface area contributed by atoms with Crippen LogP contribution < -0.4 is 14.4 Å². The highest BCUT2D eigenvalue weighted by Gasteiger charge is 2.20. The molecule has 0 spiro atoms. The quantitative estimate of drug-likeness (QED) is 0.449. The van der Waals surface area contributed by atoms with Crippen molar-refractivity contribution >= 4 is 23.6 Å². The summed E-state index contributed by atoms with van der Waals surface area (Å²) in [6.07, 6.45) is 4.89. The summed E-state index contributed by atoms with van der Waals surface area (Å²) in [6.45, 7) is 5.04. The number of rotatable bonds is 9. The van der Waals surface area contributed by atoms with Gasteiger partial charge in [0.25, 0.3) is 0 Å². The van der Waals surface area contributed by atoms with E-state index >= 15 is 0 Å². The number of benzene rings is 1. The predicted octanol–water partition coefficient (Wildman–Crippen LogP) is 4.19. The molecule has 8 heteroatoms. The highest BCUT2D eigenvalue weighted by molar-refractivity contribution is 6.29. The highest BCUT2D eigenvalue weighted by Crippen LogP contribution is 2.29. The van der Waals surface area contributed by atoms with E-state index in [1.165, 1.54) is 0 Å². The molecular weight excluding hydrogens is 392 g/mol. The molecule has 0 atom stereocenters. The van der Waals surface area contributed by atoms with Crippen molar-refractivity contribution in [1.29, 1.82) is 0 Å². The van der Waals surface area contributed by atoms with E-state index in [9.17, 15) is 0 Å². The maximum atomic E-state index is 5.98. The van der Waals surface area contributed by atoms with Crippen molar-refractivity contribution in [3.8, 4) is 11.5 Å². The number of oxime groups is 1. The lowest BCUT2D eigenvalue weighted by Gasteiger charge is -2.32. The molecule has 2 heterocycles. The molecule has 1 aromatic carbocycles. The number of ether oxygens (including phenoxy) is 2. The SMILES string of the molecule is CCON=Cc1ccc(OCCC2CCN(c3ccc(Cl)nn3)CC2)c(OC)c1. The standard InChI is InChI=1S/C21H27ClN4O3/c1-3-29-23-15-17-4-5-18(19(14-17)27-2)28-13-10-16-8-11-26(12-9-16)21-7-6-20(22)24-25-21/h4-7,14-16H,3,8-13H2,1-2H3. The Balaban J connectivity index is 1.45. The first-order valence-electron chi connectivity index (χ1n) is 9.90. The van der Waals surface area contributed by atoms with Gasteiger partial charge >= 0.3 is 0 Å². The van der Waals surface area contributed by atoms with Crippen molar-refractivity contribution in [3.05, 3.63) is 41.0 Å². The van der Waals surface area contributed by atoms with Crippen molar-refractivity contribution in [3.63, 3.8) is 0 Å². The summed E-state index contributed by atoms with van der Waals surface area (Å²) < 4.78 is 11.4. The Morgan fingerprint density at radius 1 is 1.17 bits per heavy atom. The summed E-state index contributed by atoms with van der Waals surface area (Å²) in [7, 11) is 1.64. The predicted molar refractivity (Wildman–Crippen MR) is 114 cm³/mol. The smallest absolute Gasteiger partial charge is 0.161 e. The number of piperidine rings is 1. The van der Waals surface area contributed by atoms with Gasteiger partial charge in [-0.15, -0.1) is 10.2 Å². The topological polar surface area (TPSA) is 69.1 Å². The first kappa shape index (κ1) is 21.2. The molecule has 1 aliphatic rings. The van der Waals surface area contributed by atoms with Gasteiger partial charge in [-0.3, -0.25) is 0 Å². The largest absolute Gasteiger partial charge is 0.493 e. The lowest BCUT2D eigenvalue weighted by atomic mass is 9.94. The van der Waals surface area contributed by atoms with Gasteiger partial charge in [-0.05, 0) is 62.4 Å². The second-order valence-electron chi connectivity index (χ2n) is 6.84. The summed E-state index contributed by atoms with van der Waals surface area (Å²) in [5.74, 6) is 2.97. The number of anilines is 1. The zero-order valence-corrected chi connectivity index (χ0v) is 17.6. The second-order valence-corrected chi connectivity index (χ2v) is 7.23. The van der Waals surface area contributed by atoms with Gasteiger partial charge in [0.15, 0.2) is 22.5 Å². The van der Waals surface area contributed by atoms with E-state index in [2.05, 4.69) is 20.3 Å². The molecular formula is C21H27ClN4O3. The van der Waals surface area contributed by atoms with Crippen molar-refractivity contribution < 1.29 is 14.3 Å². The fourth-order valence-corrected chi connectivity index (χ4v) is 3.42. The number of hydrogen-bond acceptors (Lipinski definition) is 7. The molecule has 0 aliphatic carbocycles. The minimum atomic E-state index is 0.422. The molecule has 0 unspecified atom stereocenters. The van der Waals surface area contributed by atoms with Crippen LogP contribution in [0.15, 0.2) is 35.5 Å². The molecule has 3 rings (SSSR count). The normalized spacial score (nSPS) is 14.9. The molecule has 1 aromatic heterocycles. The van der Waals surface area contributed by atoms with Gasteiger partial charge in [0.1, 0.15) is 6.61 Å². The third-order valence-electron chi connectivity index (χ3n) is 4.93. The number of methoxy groups -OCH3 is 1.